The fourth-order valence-corrected chi connectivity index (χ4v) is 1.22. The van der Waals surface area contributed by atoms with Crippen molar-refractivity contribution in [1.82, 2.24) is 10.6 Å². The van der Waals surface area contributed by atoms with E-state index in [1.165, 1.54) is 0 Å². The van der Waals surface area contributed by atoms with Crippen molar-refractivity contribution in [2.45, 2.75) is 52.1 Å². The third kappa shape index (κ3) is 7.32. The third-order valence-corrected chi connectivity index (χ3v) is 2.05. The van der Waals surface area contributed by atoms with Gasteiger partial charge in [0.2, 0.25) is 11.8 Å². The minimum atomic E-state index is -0.988. The second-order valence-electron chi connectivity index (χ2n) is 4.07. The molecule has 0 aromatic heterocycles. The molecule has 0 bridgehead atoms. The number of amides is 2. The van der Waals surface area contributed by atoms with E-state index in [0.717, 1.165) is 0 Å². The predicted molar refractivity (Wildman–Crippen MR) is 62.4 cm³/mol. The first-order valence-electron chi connectivity index (χ1n) is 5.68. The van der Waals surface area contributed by atoms with Crippen LogP contribution in [0.15, 0.2) is 0 Å². The molecule has 0 spiro atoms. The average Bonchev–Trinajstić information content (AvgIpc) is 2.22. The molecule has 3 N–H and O–H groups in total. The van der Waals surface area contributed by atoms with Gasteiger partial charge in [0.15, 0.2) is 0 Å². The maximum Gasteiger partial charge on any atom is 0.303 e. The van der Waals surface area contributed by atoms with Gasteiger partial charge in [-0.1, -0.05) is 6.92 Å². The van der Waals surface area contributed by atoms with Gasteiger partial charge < -0.3 is 15.7 Å². The standard InChI is InChI=1S/C11H20N2O4/c1-4-9(14)13-8(5-6-10(15)16)11(17)12-7(2)3/h7-8H,4-6H2,1-3H3,(H,12,17)(H,13,14)(H,15,16). The van der Waals surface area contributed by atoms with Crippen molar-refractivity contribution < 1.29 is 19.5 Å². The summed E-state index contributed by atoms with van der Waals surface area (Å²) in [5, 5.41) is 13.7. The first-order chi connectivity index (χ1) is 7.86. The quantitative estimate of drug-likeness (QED) is 0.599. The van der Waals surface area contributed by atoms with Gasteiger partial charge in [-0.2, -0.15) is 0 Å². The van der Waals surface area contributed by atoms with E-state index in [-0.39, 0.29) is 37.1 Å². The molecule has 17 heavy (non-hydrogen) atoms. The Morgan fingerprint density at radius 1 is 1.18 bits per heavy atom. The molecule has 6 heteroatoms. The molecule has 0 fully saturated rings. The number of carbonyl (C=O) groups excluding carboxylic acids is 2. The largest absolute Gasteiger partial charge is 0.481 e. The predicted octanol–water partition coefficient (Wildman–Crippen LogP) is 0.271. The summed E-state index contributed by atoms with van der Waals surface area (Å²) < 4.78 is 0. The Kier molecular flexibility index (Phi) is 6.93. The highest BCUT2D eigenvalue weighted by Crippen LogP contribution is 1.99. The van der Waals surface area contributed by atoms with Crippen LogP contribution >= 0.6 is 0 Å². The molecule has 1 unspecified atom stereocenters. The molecule has 0 saturated carbocycles. The highest BCUT2D eigenvalue weighted by molar-refractivity contribution is 5.88. The molecular formula is C11H20N2O4. The molecule has 2 amide bonds. The fourth-order valence-electron chi connectivity index (χ4n) is 1.22. The van der Waals surface area contributed by atoms with Crippen molar-refractivity contribution >= 4 is 17.8 Å². The zero-order valence-electron chi connectivity index (χ0n) is 10.4. The normalized spacial score (nSPS) is 12.0. The number of aliphatic carboxylic acids is 1. The molecule has 1 atom stereocenters. The molecule has 98 valence electrons. The van der Waals surface area contributed by atoms with Gasteiger partial charge in [0.25, 0.3) is 0 Å². The Morgan fingerprint density at radius 2 is 1.76 bits per heavy atom. The van der Waals surface area contributed by atoms with Gasteiger partial charge in [-0.3, -0.25) is 14.4 Å². The Bertz CT molecular complexity index is 289. The number of carboxylic acids is 1. The summed E-state index contributed by atoms with van der Waals surface area (Å²) in [5.41, 5.74) is 0. The Labute approximate surface area is 101 Å². The zero-order chi connectivity index (χ0) is 13.4. The van der Waals surface area contributed by atoms with Crippen molar-refractivity contribution in [2.75, 3.05) is 0 Å². The van der Waals surface area contributed by atoms with E-state index in [2.05, 4.69) is 10.6 Å². The molecule has 0 aromatic carbocycles. The summed E-state index contributed by atoms with van der Waals surface area (Å²) in [5.74, 6) is -1.60. The van der Waals surface area contributed by atoms with Crippen LogP contribution in [0.3, 0.4) is 0 Å². The molecular weight excluding hydrogens is 224 g/mol. The van der Waals surface area contributed by atoms with Gasteiger partial charge in [0.1, 0.15) is 6.04 Å². The van der Waals surface area contributed by atoms with Crippen LogP contribution in [0.25, 0.3) is 0 Å². The number of nitrogens with one attached hydrogen (secondary N) is 2. The smallest absolute Gasteiger partial charge is 0.303 e. The zero-order valence-corrected chi connectivity index (χ0v) is 10.4. The maximum atomic E-state index is 11.7. The molecule has 0 heterocycles. The topological polar surface area (TPSA) is 95.5 Å². The SMILES string of the molecule is CCC(=O)NC(CCC(=O)O)C(=O)NC(C)C. The van der Waals surface area contributed by atoms with Crippen LogP contribution in [0.1, 0.15) is 40.0 Å². The highest BCUT2D eigenvalue weighted by Gasteiger charge is 2.21. The van der Waals surface area contributed by atoms with Crippen molar-refractivity contribution in [2.24, 2.45) is 0 Å². The molecule has 6 nitrogen and oxygen atoms in total. The van der Waals surface area contributed by atoms with Crippen LogP contribution in [-0.2, 0) is 14.4 Å². The third-order valence-electron chi connectivity index (χ3n) is 2.05. The number of rotatable bonds is 7. The van der Waals surface area contributed by atoms with Crippen molar-refractivity contribution in [1.29, 1.82) is 0 Å². The Hall–Kier alpha value is -1.59. The molecule has 0 aliphatic heterocycles. The monoisotopic (exact) mass is 244 g/mol. The maximum absolute atomic E-state index is 11.7. The second-order valence-corrected chi connectivity index (χ2v) is 4.07. The lowest BCUT2D eigenvalue weighted by Gasteiger charge is -2.19. The van der Waals surface area contributed by atoms with E-state index >= 15 is 0 Å². The van der Waals surface area contributed by atoms with Gasteiger partial charge >= 0.3 is 5.97 Å². The van der Waals surface area contributed by atoms with E-state index in [0.29, 0.717) is 0 Å². The van der Waals surface area contributed by atoms with Crippen LogP contribution in [-0.4, -0.2) is 35.0 Å². The van der Waals surface area contributed by atoms with Crippen molar-refractivity contribution in [3.8, 4) is 0 Å². The molecule has 0 aromatic rings. The van der Waals surface area contributed by atoms with Crippen LogP contribution in [0.5, 0.6) is 0 Å². The lowest BCUT2D eigenvalue weighted by atomic mass is 10.1. The summed E-state index contributed by atoms with van der Waals surface area (Å²) in [7, 11) is 0. The van der Waals surface area contributed by atoms with Gasteiger partial charge in [0.05, 0.1) is 0 Å². The minimum absolute atomic E-state index is 0.0478. The van der Waals surface area contributed by atoms with E-state index in [9.17, 15) is 14.4 Å². The molecule has 0 aliphatic rings. The van der Waals surface area contributed by atoms with Crippen LogP contribution in [0, 0.1) is 0 Å². The highest BCUT2D eigenvalue weighted by atomic mass is 16.4. The van der Waals surface area contributed by atoms with Crippen molar-refractivity contribution in [3.05, 3.63) is 0 Å². The van der Waals surface area contributed by atoms with Crippen LogP contribution in [0.4, 0.5) is 0 Å². The van der Waals surface area contributed by atoms with Crippen LogP contribution < -0.4 is 10.6 Å². The average molecular weight is 244 g/mol. The Balaban J connectivity index is 4.42. The summed E-state index contributed by atoms with van der Waals surface area (Å²) >= 11 is 0. The van der Waals surface area contributed by atoms with E-state index < -0.39 is 12.0 Å². The summed E-state index contributed by atoms with van der Waals surface area (Å²) in [6.07, 6.45) is 0.207. The first kappa shape index (κ1) is 15.4. The molecule has 0 radical (unpaired) electrons. The van der Waals surface area contributed by atoms with Crippen LogP contribution in [0.2, 0.25) is 0 Å². The van der Waals surface area contributed by atoms with E-state index in [4.69, 9.17) is 5.11 Å². The van der Waals surface area contributed by atoms with E-state index in [1.807, 2.05) is 0 Å². The summed E-state index contributed by atoms with van der Waals surface area (Å²) in [4.78, 5) is 33.4. The summed E-state index contributed by atoms with van der Waals surface area (Å²) in [6.45, 7) is 5.27. The number of hydrogen-bond acceptors (Lipinski definition) is 3. The number of carboxylic acid groups (broad SMARTS) is 1. The fraction of sp³-hybridized carbons (Fsp3) is 0.727. The molecule has 0 rings (SSSR count). The first-order valence-corrected chi connectivity index (χ1v) is 5.68. The summed E-state index contributed by atoms with van der Waals surface area (Å²) in [6, 6.07) is -0.825. The lowest BCUT2D eigenvalue weighted by molar-refractivity contribution is -0.138. The number of carbonyl (C=O) groups is 3. The van der Waals surface area contributed by atoms with Gasteiger partial charge in [-0.05, 0) is 20.3 Å². The van der Waals surface area contributed by atoms with Gasteiger partial charge in [-0.15, -0.1) is 0 Å². The van der Waals surface area contributed by atoms with E-state index in [1.54, 1.807) is 20.8 Å². The van der Waals surface area contributed by atoms with Crippen molar-refractivity contribution in [3.63, 3.8) is 0 Å². The Morgan fingerprint density at radius 3 is 2.18 bits per heavy atom. The molecule has 0 aliphatic carbocycles. The van der Waals surface area contributed by atoms with Gasteiger partial charge in [0, 0.05) is 18.9 Å². The second kappa shape index (κ2) is 7.65. The van der Waals surface area contributed by atoms with Gasteiger partial charge in [-0.25, -0.2) is 0 Å². The molecule has 0 saturated heterocycles. The minimum Gasteiger partial charge on any atom is -0.481 e. The number of hydrogen-bond donors (Lipinski definition) is 3. The lowest BCUT2D eigenvalue weighted by Crippen LogP contribution is -2.48.